The average Bonchev–Trinajstić information content (AvgIpc) is 3.04. The highest BCUT2D eigenvalue weighted by Crippen LogP contribution is 2.26. The molecule has 1 aliphatic heterocycles. The zero-order valence-corrected chi connectivity index (χ0v) is 15.8. The molecule has 7 heteroatoms. The van der Waals surface area contributed by atoms with Crippen LogP contribution in [0, 0.1) is 18.7 Å². The molecule has 2 aromatic heterocycles. The summed E-state index contributed by atoms with van der Waals surface area (Å²) in [5.41, 5.74) is 2.38. The minimum atomic E-state index is -0.527. The fourth-order valence-electron chi connectivity index (χ4n) is 3.51. The van der Waals surface area contributed by atoms with Gasteiger partial charge < -0.3 is 14.2 Å². The molecular weight excluding hydrogens is 359 g/mol. The molecule has 3 heterocycles. The van der Waals surface area contributed by atoms with Crippen LogP contribution in [0.1, 0.15) is 16.1 Å². The SMILES string of the molecule is COc1ccc(C(=O)N2CC(Cn3c(C)cnc3-c3cccnc3)C2)cc1F. The topological polar surface area (TPSA) is 60.2 Å². The lowest BCUT2D eigenvalue weighted by molar-refractivity contribution is 0.0468. The molecule has 6 nitrogen and oxygen atoms in total. The van der Waals surface area contributed by atoms with Crippen molar-refractivity contribution in [3.8, 4) is 17.1 Å². The fraction of sp³-hybridized carbons (Fsp3) is 0.286. The smallest absolute Gasteiger partial charge is 0.253 e. The number of carbonyl (C=O) groups is 1. The molecule has 144 valence electrons. The molecule has 4 rings (SSSR count). The van der Waals surface area contributed by atoms with Crippen molar-refractivity contribution >= 4 is 5.91 Å². The molecule has 3 aromatic rings. The minimum absolute atomic E-state index is 0.136. The molecule has 0 atom stereocenters. The number of carbonyl (C=O) groups excluding carboxylic acids is 1. The Kier molecular flexibility index (Phi) is 4.81. The standard InChI is InChI=1S/C21H21FN4O2/c1-14-9-24-20(17-4-3-7-23-10-17)26(14)13-15-11-25(12-15)21(27)16-5-6-19(28-2)18(22)8-16/h3-10,15H,11-13H2,1-2H3. The predicted octanol–water partition coefficient (Wildman–Crippen LogP) is 3.17. The Hall–Kier alpha value is -3.22. The van der Waals surface area contributed by atoms with Crippen molar-refractivity contribution < 1.29 is 13.9 Å². The van der Waals surface area contributed by atoms with E-state index < -0.39 is 5.82 Å². The van der Waals surface area contributed by atoms with Gasteiger partial charge in [0.05, 0.1) is 7.11 Å². The minimum Gasteiger partial charge on any atom is -0.494 e. The van der Waals surface area contributed by atoms with E-state index in [1.54, 1.807) is 23.4 Å². The summed E-state index contributed by atoms with van der Waals surface area (Å²) < 4.78 is 20.9. The quantitative estimate of drug-likeness (QED) is 0.682. The molecule has 1 saturated heterocycles. The van der Waals surface area contributed by atoms with Gasteiger partial charge in [-0.3, -0.25) is 9.78 Å². The second-order valence-corrected chi connectivity index (χ2v) is 7.00. The first-order valence-electron chi connectivity index (χ1n) is 9.12. The second kappa shape index (κ2) is 7.42. The first kappa shape index (κ1) is 18.2. The Morgan fingerprint density at radius 2 is 2.11 bits per heavy atom. The predicted molar refractivity (Wildman–Crippen MR) is 103 cm³/mol. The molecule has 0 unspecified atom stereocenters. The number of aryl methyl sites for hydroxylation is 1. The molecule has 1 aromatic carbocycles. The Bertz CT molecular complexity index is 997. The molecule has 28 heavy (non-hydrogen) atoms. The van der Waals surface area contributed by atoms with Crippen molar-refractivity contribution in [2.24, 2.45) is 5.92 Å². The zero-order valence-electron chi connectivity index (χ0n) is 15.8. The highest BCUT2D eigenvalue weighted by Gasteiger charge is 2.32. The van der Waals surface area contributed by atoms with E-state index in [9.17, 15) is 9.18 Å². The van der Waals surface area contributed by atoms with Crippen LogP contribution in [-0.2, 0) is 6.54 Å². The summed E-state index contributed by atoms with van der Waals surface area (Å²) in [6.45, 7) is 4.07. The second-order valence-electron chi connectivity index (χ2n) is 7.00. The third-order valence-electron chi connectivity index (χ3n) is 5.06. The van der Waals surface area contributed by atoms with Crippen LogP contribution in [-0.4, -0.2) is 45.5 Å². The van der Waals surface area contributed by atoms with Crippen molar-refractivity contribution in [2.45, 2.75) is 13.5 Å². The molecule has 0 bridgehead atoms. The van der Waals surface area contributed by atoms with Crippen LogP contribution in [0.4, 0.5) is 4.39 Å². The number of benzene rings is 1. The number of hydrogen-bond acceptors (Lipinski definition) is 4. The van der Waals surface area contributed by atoms with Crippen LogP contribution in [0.5, 0.6) is 5.75 Å². The third-order valence-corrected chi connectivity index (χ3v) is 5.06. The van der Waals surface area contributed by atoms with Crippen LogP contribution < -0.4 is 4.74 Å². The van der Waals surface area contributed by atoms with Gasteiger partial charge in [-0.25, -0.2) is 9.37 Å². The molecule has 0 N–H and O–H groups in total. The molecule has 1 amide bonds. The van der Waals surface area contributed by atoms with Crippen molar-refractivity contribution in [1.29, 1.82) is 0 Å². The van der Waals surface area contributed by atoms with Gasteiger partial charge in [-0.2, -0.15) is 0 Å². The normalized spacial score (nSPS) is 14.0. The van der Waals surface area contributed by atoms with Crippen molar-refractivity contribution in [2.75, 3.05) is 20.2 Å². The van der Waals surface area contributed by atoms with Gasteiger partial charge in [0.15, 0.2) is 11.6 Å². The lowest BCUT2D eigenvalue weighted by atomic mass is 9.98. The van der Waals surface area contributed by atoms with Crippen LogP contribution in [0.2, 0.25) is 0 Å². The van der Waals surface area contributed by atoms with E-state index in [0.29, 0.717) is 24.6 Å². The van der Waals surface area contributed by atoms with Crippen molar-refractivity contribution in [3.63, 3.8) is 0 Å². The van der Waals surface area contributed by atoms with Crippen molar-refractivity contribution in [3.05, 3.63) is 66.0 Å². The Morgan fingerprint density at radius 1 is 1.29 bits per heavy atom. The maximum Gasteiger partial charge on any atom is 0.253 e. The largest absolute Gasteiger partial charge is 0.494 e. The number of halogens is 1. The van der Waals surface area contributed by atoms with E-state index in [2.05, 4.69) is 14.5 Å². The van der Waals surface area contributed by atoms with Gasteiger partial charge in [0.2, 0.25) is 0 Å². The first-order chi connectivity index (χ1) is 13.6. The van der Waals surface area contributed by atoms with E-state index in [-0.39, 0.29) is 11.7 Å². The van der Waals surface area contributed by atoms with Gasteiger partial charge >= 0.3 is 0 Å². The summed E-state index contributed by atoms with van der Waals surface area (Å²) in [4.78, 5) is 23.0. The highest BCUT2D eigenvalue weighted by molar-refractivity contribution is 5.94. The van der Waals surface area contributed by atoms with Gasteiger partial charge in [0, 0.05) is 61.0 Å². The number of hydrogen-bond donors (Lipinski definition) is 0. The maximum atomic E-state index is 13.9. The highest BCUT2D eigenvalue weighted by atomic mass is 19.1. The van der Waals surface area contributed by atoms with Gasteiger partial charge in [-0.15, -0.1) is 0 Å². The Balaban J connectivity index is 1.42. The van der Waals surface area contributed by atoms with Gasteiger partial charge in [-0.05, 0) is 37.3 Å². The molecule has 0 aliphatic carbocycles. The van der Waals surface area contributed by atoms with Crippen LogP contribution >= 0.6 is 0 Å². The number of pyridine rings is 1. The van der Waals surface area contributed by atoms with Gasteiger partial charge in [0.25, 0.3) is 5.91 Å². The van der Waals surface area contributed by atoms with E-state index in [0.717, 1.165) is 23.6 Å². The van der Waals surface area contributed by atoms with E-state index >= 15 is 0 Å². The molecule has 0 spiro atoms. The average molecular weight is 380 g/mol. The fourth-order valence-corrected chi connectivity index (χ4v) is 3.51. The number of likely N-dealkylation sites (tertiary alicyclic amines) is 1. The van der Waals surface area contributed by atoms with E-state index in [1.165, 1.54) is 19.2 Å². The molecule has 0 radical (unpaired) electrons. The summed E-state index contributed by atoms with van der Waals surface area (Å²) in [5.74, 6) is 0.660. The zero-order chi connectivity index (χ0) is 19.7. The Labute approximate surface area is 162 Å². The number of ether oxygens (including phenoxy) is 1. The third kappa shape index (κ3) is 3.35. The lowest BCUT2D eigenvalue weighted by Crippen LogP contribution is -2.51. The first-order valence-corrected chi connectivity index (χ1v) is 9.12. The number of imidazole rings is 1. The van der Waals surface area contributed by atoms with Crippen LogP contribution in [0.3, 0.4) is 0 Å². The maximum absolute atomic E-state index is 13.9. The molecular formula is C21H21FN4O2. The van der Waals surface area contributed by atoms with Gasteiger partial charge in [0.1, 0.15) is 5.82 Å². The molecule has 1 aliphatic rings. The molecule has 0 saturated carbocycles. The van der Waals surface area contributed by atoms with E-state index in [1.807, 2.05) is 25.3 Å². The van der Waals surface area contributed by atoms with Crippen molar-refractivity contribution in [1.82, 2.24) is 19.4 Å². The summed E-state index contributed by atoms with van der Waals surface area (Å²) in [6, 6.07) is 8.18. The van der Waals surface area contributed by atoms with E-state index in [4.69, 9.17) is 4.74 Å². The summed E-state index contributed by atoms with van der Waals surface area (Å²) in [6.07, 6.45) is 5.39. The van der Waals surface area contributed by atoms with Crippen LogP contribution in [0.15, 0.2) is 48.9 Å². The summed E-state index contributed by atoms with van der Waals surface area (Å²) in [7, 11) is 1.40. The summed E-state index contributed by atoms with van der Waals surface area (Å²) in [5, 5.41) is 0. The number of rotatable bonds is 5. The lowest BCUT2D eigenvalue weighted by Gasteiger charge is -2.40. The number of nitrogens with zero attached hydrogens (tertiary/aromatic N) is 4. The van der Waals surface area contributed by atoms with Gasteiger partial charge in [-0.1, -0.05) is 0 Å². The van der Waals surface area contributed by atoms with Crippen LogP contribution in [0.25, 0.3) is 11.4 Å². The monoisotopic (exact) mass is 380 g/mol. The summed E-state index contributed by atoms with van der Waals surface area (Å²) >= 11 is 0. The number of methoxy groups -OCH3 is 1. The molecule has 1 fully saturated rings. The Morgan fingerprint density at radius 3 is 2.79 bits per heavy atom. The number of aromatic nitrogens is 3. The number of amides is 1.